The number of nitrogens with one attached hydrogen (secondary N) is 1. The van der Waals surface area contributed by atoms with Crippen molar-refractivity contribution in [1.82, 2.24) is 14.9 Å². The molecule has 0 unspecified atom stereocenters. The second-order valence-corrected chi connectivity index (χ2v) is 7.13. The molecule has 3 aromatic rings. The first-order chi connectivity index (χ1) is 14.5. The minimum absolute atomic E-state index is 0.168. The van der Waals surface area contributed by atoms with Crippen LogP contribution in [0.1, 0.15) is 15.9 Å². The first kappa shape index (κ1) is 19.7. The predicted molar refractivity (Wildman–Crippen MR) is 112 cm³/mol. The van der Waals surface area contributed by atoms with E-state index in [0.717, 1.165) is 9.99 Å². The SMILES string of the molecule is O=C(c1ccc(CO[N+](=O)[O-])cc1)N1CCN=C1Nc1ccc2nccnc2c1Br. The third-order valence-corrected chi connectivity index (χ3v) is 5.25. The average molecular weight is 471 g/mol. The Morgan fingerprint density at radius 3 is 2.73 bits per heavy atom. The monoisotopic (exact) mass is 470 g/mol. The first-order valence-electron chi connectivity index (χ1n) is 8.92. The maximum Gasteiger partial charge on any atom is 0.294 e. The van der Waals surface area contributed by atoms with Crippen LogP contribution in [-0.4, -0.2) is 44.9 Å². The minimum atomic E-state index is -0.853. The highest BCUT2D eigenvalue weighted by Gasteiger charge is 2.25. The van der Waals surface area contributed by atoms with Gasteiger partial charge in [-0.15, -0.1) is 10.1 Å². The number of aromatic nitrogens is 2. The molecule has 1 aromatic heterocycles. The van der Waals surface area contributed by atoms with Crippen LogP contribution in [0.2, 0.25) is 0 Å². The van der Waals surface area contributed by atoms with Crippen LogP contribution < -0.4 is 5.32 Å². The number of hydrogen-bond acceptors (Lipinski definition) is 8. The van der Waals surface area contributed by atoms with Crippen molar-refractivity contribution in [2.24, 2.45) is 4.99 Å². The highest BCUT2D eigenvalue weighted by Crippen LogP contribution is 2.29. The van der Waals surface area contributed by atoms with Gasteiger partial charge in [-0.25, -0.2) is 0 Å². The predicted octanol–water partition coefficient (Wildman–Crippen LogP) is 3.02. The molecule has 11 heteroatoms. The van der Waals surface area contributed by atoms with E-state index in [-0.39, 0.29) is 12.5 Å². The Morgan fingerprint density at radius 1 is 1.20 bits per heavy atom. The Morgan fingerprint density at radius 2 is 1.97 bits per heavy atom. The molecule has 2 heterocycles. The van der Waals surface area contributed by atoms with Gasteiger partial charge in [0.15, 0.2) is 0 Å². The average Bonchev–Trinajstić information content (AvgIpc) is 3.22. The molecule has 152 valence electrons. The number of carbonyl (C=O) groups excluding carboxylic acids is 1. The standard InChI is InChI=1S/C19H15BrN6O4/c20-16-14(5-6-15-17(16)22-8-7-21-15)24-19-23-9-10-25(19)18(27)13-3-1-12(2-4-13)11-30-26(28)29/h1-8H,9-11H2,(H,23,24). The van der Waals surface area contributed by atoms with Crippen molar-refractivity contribution in [2.75, 3.05) is 18.4 Å². The summed E-state index contributed by atoms with van der Waals surface area (Å²) in [5, 5.41) is 12.6. The van der Waals surface area contributed by atoms with Crippen LogP contribution in [0.4, 0.5) is 5.69 Å². The molecule has 30 heavy (non-hydrogen) atoms. The maximum absolute atomic E-state index is 13.0. The third-order valence-electron chi connectivity index (χ3n) is 4.45. The quantitative estimate of drug-likeness (QED) is 0.448. The van der Waals surface area contributed by atoms with Gasteiger partial charge < -0.3 is 10.2 Å². The molecular weight excluding hydrogens is 456 g/mol. The molecule has 1 N–H and O–H groups in total. The van der Waals surface area contributed by atoms with Gasteiger partial charge in [-0.1, -0.05) is 12.1 Å². The van der Waals surface area contributed by atoms with Crippen LogP contribution in [0.3, 0.4) is 0 Å². The number of anilines is 1. The summed E-state index contributed by atoms with van der Waals surface area (Å²) in [5.74, 6) is 0.210. The zero-order valence-electron chi connectivity index (χ0n) is 15.5. The molecule has 0 saturated carbocycles. The fraction of sp³-hybridized carbons (Fsp3) is 0.158. The van der Waals surface area contributed by atoms with Crippen molar-refractivity contribution in [2.45, 2.75) is 6.61 Å². The Bertz CT molecular complexity index is 1150. The number of nitrogens with zero attached hydrogens (tertiary/aromatic N) is 5. The highest BCUT2D eigenvalue weighted by atomic mass is 79.9. The lowest BCUT2D eigenvalue weighted by molar-refractivity contribution is -0.763. The van der Waals surface area contributed by atoms with Gasteiger partial charge in [-0.2, -0.15) is 0 Å². The smallest absolute Gasteiger partial charge is 0.294 e. The van der Waals surface area contributed by atoms with Gasteiger partial charge in [-0.05, 0) is 45.8 Å². The number of carbonyl (C=O) groups is 1. The van der Waals surface area contributed by atoms with Gasteiger partial charge in [0.1, 0.15) is 12.1 Å². The lowest BCUT2D eigenvalue weighted by Crippen LogP contribution is -2.38. The summed E-state index contributed by atoms with van der Waals surface area (Å²) in [5.41, 5.74) is 3.20. The van der Waals surface area contributed by atoms with Gasteiger partial charge in [-0.3, -0.25) is 24.7 Å². The second-order valence-electron chi connectivity index (χ2n) is 6.33. The van der Waals surface area contributed by atoms with E-state index in [4.69, 9.17) is 0 Å². The summed E-state index contributed by atoms with van der Waals surface area (Å²) in [4.78, 5) is 42.1. The molecule has 0 spiro atoms. The van der Waals surface area contributed by atoms with E-state index < -0.39 is 5.09 Å². The first-order valence-corrected chi connectivity index (χ1v) is 9.71. The molecule has 0 saturated heterocycles. The summed E-state index contributed by atoms with van der Waals surface area (Å²) >= 11 is 3.54. The Hall–Kier alpha value is -3.60. The number of fused-ring (bicyclic) bond motifs is 1. The lowest BCUT2D eigenvalue weighted by Gasteiger charge is -2.20. The summed E-state index contributed by atoms with van der Waals surface area (Å²) in [6, 6.07) is 10.1. The zero-order valence-corrected chi connectivity index (χ0v) is 17.1. The second kappa shape index (κ2) is 8.41. The van der Waals surface area contributed by atoms with Crippen molar-refractivity contribution >= 4 is 44.5 Å². The highest BCUT2D eigenvalue weighted by molar-refractivity contribution is 9.10. The van der Waals surface area contributed by atoms with Crippen molar-refractivity contribution in [3.63, 3.8) is 0 Å². The van der Waals surface area contributed by atoms with Crippen LogP contribution in [-0.2, 0) is 11.4 Å². The van der Waals surface area contributed by atoms with Crippen molar-refractivity contribution in [1.29, 1.82) is 0 Å². The maximum atomic E-state index is 13.0. The van der Waals surface area contributed by atoms with Gasteiger partial charge in [0.05, 0.1) is 22.2 Å². The number of guanidine groups is 1. The molecule has 2 aromatic carbocycles. The molecule has 1 amide bonds. The molecule has 0 bridgehead atoms. The van der Waals surface area contributed by atoms with Crippen molar-refractivity contribution < 1.29 is 14.7 Å². The summed E-state index contributed by atoms with van der Waals surface area (Å²) < 4.78 is 0.727. The number of rotatable bonds is 5. The Labute approximate surface area is 178 Å². The van der Waals surface area contributed by atoms with Gasteiger partial charge in [0.2, 0.25) is 5.96 Å². The van der Waals surface area contributed by atoms with Gasteiger partial charge in [0, 0.05) is 24.5 Å². The van der Waals surface area contributed by atoms with E-state index >= 15 is 0 Å². The van der Waals surface area contributed by atoms with Crippen LogP contribution in [0.15, 0.2) is 58.3 Å². The van der Waals surface area contributed by atoms with Crippen LogP contribution in [0.25, 0.3) is 11.0 Å². The third kappa shape index (κ3) is 4.06. The molecule has 10 nitrogen and oxygen atoms in total. The normalized spacial score (nSPS) is 13.2. The van der Waals surface area contributed by atoms with Crippen LogP contribution >= 0.6 is 15.9 Å². The minimum Gasteiger partial charge on any atom is -0.325 e. The lowest BCUT2D eigenvalue weighted by atomic mass is 10.1. The van der Waals surface area contributed by atoms with E-state index in [1.54, 1.807) is 41.6 Å². The number of halogens is 1. The van der Waals surface area contributed by atoms with E-state index in [1.165, 1.54) is 0 Å². The van der Waals surface area contributed by atoms with Crippen molar-refractivity contribution in [3.05, 3.63) is 74.5 Å². The van der Waals surface area contributed by atoms with Gasteiger partial charge in [0.25, 0.3) is 11.0 Å². The molecule has 4 rings (SSSR count). The molecule has 1 aliphatic heterocycles. The van der Waals surface area contributed by atoms with E-state index in [9.17, 15) is 14.9 Å². The fourth-order valence-electron chi connectivity index (χ4n) is 3.00. The van der Waals surface area contributed by atoms with Crippen LogP contribution in [0, 0.1) is 10.1 Å². The number of benzene rings is 2. The Kier molecular flexibility index (Phi) is 5.53. The van der Waals surface area contributed by atoms with Crippen LogP contribution in [0.5, 0.6) is 0 Å². The molecule has 0 atom stereocenters. The number of hydrogen-bond donors (Lipinski definition) is 1. The molecule has 0 aliphatic carbocycles. The van der Waals surface area contributed by atoms with Gasteiger partial charge >= 0.3 is 0 Å². The molecule has 0 fully saturated rings. The molecule has 0 radical (unpaired) electrons. The summed E-state index contributed by atoms with van der Waals surface area (Å²) in [6.45, 7) is 0.754. The van der Waals surface area contributed by atoms with E-state index in [0.29, 0.717) is 41.4 Å². The summed E-state index contributed by atoms with van der Waals surface area (Å²) in [6.07, 6.45) is 3.23. The topological polar surface area (TPSA) is 123 Å². The fourth-order valence-corrected chi connectivity index (χ4v) is 3.54. The molecular formula is C19H15BrN6O4. The van der Waals surface area contributed by atoms with Crippen molar-refractivity contribution in [3.8, 4) is 0 Å². The molecule has 1 aliphatic rings. The Balaban J connectivity index is 1.50. The largest absolute Gasteiger partial charge is 0.325 e. The zero-order chi connectivity index (χ0) is 21.1. The van der Waals surface area contributed by atoms with E-state index in [2.05, 4.69) is 41.0 Å². The van der Waals surface area contributed by atoms with E-state index in [1.807, 2.05) is 12.1 Å². The number of aliphatic imine (C=N–C) groups is 1. The summed E-state index contributed by atoms with van der Waals surface area (Å²) in [7, 11) is 0. The number of amides is 1.